The standard InChI is InChI=1S/C11H19NO10/c13-2-5(16)8(18)9-7(12-6(17)3-14)4(15)1-11(21,22-9)10(19)20/h4-5,7-9,13-16,18,21H,1-3H2,(H,12,17)(H,19,20)/t4-,5-,7-,8-,9?,11+/m1/s1. The van der Waals surface area contributed by atoms with Gasteiger partial charge in [0.05, 0.1) is 18.8 Å². The normalized spacial score (nSPS) is 34.7. The molecular weight excluding hydrogens is 306 g/mol. The Kier molecular flexibility index (Phi) is 6.19. The van der Waals surface area contributed by atoms with E-state index in [4.69, 9.17) is 20.1 Å². The van der Waals surface area contributed by atoms with Crippen LogP contribution in [-0.4, -0.2) is 97.1 Å². The van der Waals surface area contributed by atoms with Gasteiger partial charge in [-0.15, -0.1) is 0 Å². The van der Waals surface area contributed by atoms with E-state index in [0.717, 1.165) is 0 Å². The molecule has 0 spiro atoms. The molecule has 1 amide bonds. The van der Waals surface area contributed by atoms with Crippen LogP contribution in [-0.2, 0) is 14.3 Å². The van der Waals surface area contributed by atoms with E-state index in [1.807, 2.05) is 0 Å². The summed E-state index contributed by atoms with van der Waals surface area (Å²) in [6, 6.07) is -1.42. The molecule has 0 radical (unpaired) electrons. The minimum atomic E-state index is -2.85. The maximum absolute atomic E-state index is 11.2. The number of aliphatic carboxylic acids is 1. The number of aliphatic hydroxyl groups is 6. The number of amides is 1. The van der Waals surface area contributed by atoms with Crippen molar-refractivity contribution < 1.29 is 50.1 Å². The molecule has 1 unspecified atom stereocenters. The molecule has 6 atom stereocenters. The molecule has 11 heteroatoms. The van der Waals surface area contributed by atoms with Gasteiger partial charge in [-0.1, -0.05) is 0 Å². The number of nitrogens with one attached hydrogen (secondary N) is 1. The fourth-order valence-corrected chi connectivity index (χ4v) is 2.13. The minimum Gasteiger partial charge on any atom is -0.477 e. The average Bonchev–Trinajstić information content (AvgIpc) is 2.47. The van der Waals surface area contributed by atoms with E-state index in [0.29, 0.717) is 0 Å². The van der Waals surface area contributed by atoms with E-state index in [9.17, 15) is 30.0 Å². The number of carbonyl (C=O) groups is 2. The third kappa shape index (κ3) is 3.89. The Morgan fingerprint density at radius 3 is 2.36 bits per heavy atom. The summed E-state index contributed by atoms with van der Waals surface area (Å²) in [6.45, 7) is -1.86. The highest BCUT2D eigenvalue weighted by Crippen LogP contribution is 2.30. The van der Waals surface area contributed by atoms with Crippen molar-refractivity contribution in [2.75, 3.05) is 13.2 Å². The Morgan fingerprint density at radius 1 is 1.32 bits per heavy atom. The second-order valence-corrected chi connectivity index (χ2v) is 4.94. The van der Waals surface area contributed by atoms with Gasteiger partial charge in [-0.2, -0.15) is 0 Å². The molecule has 1 aliphatic heterocycles. The SMILES string of the molecule is O=C(CO)N[C@H]1C([C@H](O)[C@H](O)CO)O[C@](O)(C(=O)O)C[C@H]1O. The number of rotatable bonds is 6. The van der Waals surface area contributed by atoms with Gasteiger partial charge in [0.2, 0.25) is 5.91 Å². The summed E-state index contributed by atoms with van der Waals surface area (Å²) in [5, 5.41) is 67.5. The van der Waals surface area contributed by atoms with E-state index in [1.165, 1.54) is 0 Å². The van der Waals surface area contributed by atoms with E-state index in [1.54, 1.807) is 0 Å². The summed E-state index contributed by atoms with van der Waals surface area (Å²) in [4.78, 5) is 22.2. The zero-order valence-electron chi connectivity index (χ0n) is 11.4. The van der Waals surface area contributed by atoms with Crippen molar-refractivity contribution in [3.63, 3.8) is 0 Å². The van der Waals surface area contributed by atoms with Gasteiger partial charge in [-0.3, -0.25) is 4.79 Å². The van der Waals surface area contributed by atoms with E-state index >= 15 is 0 Å². The van der Waals surface area contributed by atoms with Crippen LogP contribution in [0.4, 0.5) is 0 Å². The predicted octanol–water partition coefficient (Wildman–Crippen LogP) is -4.90. The van der Waals surface area contributed by atoms with Crippen LogP contribution in [0.25, 0.3) is 0 Å². The largest absolute Gasteiger partial charge is 0.477 e. The summed E-state index contributed by atoms with van der Waals surface area (Å²) >= 11 is 0. The molecular formula is C11H19NO10. The van der Waals surface area contributed by atoms with Crippen molar-refractivity contribution in [3.05, 3.63) is 0 Å². The van der Waals surface area contributed by atoms with Crippen LogP contribution in [0, 0.1) is 0 Å². The molecule has 11 nitrogen and oxygen atoms in total. The van der Waals surface area contributed by atoms with Crippen LogP contribution in [0.5, 0.6) is 0 Å². The molecule has 0 saturated carbocycles. The van der Waals surface area contributed by atoms with Gasteiger partial charge in [-0.05, 0) is 0 Å². The molecule has 0 aliphatic carbocycles. The van der Waals surface area contributed by atoms with Crippen molar-refractivity contribution in [2.45, 2.75) is 42.7 Å². The molecule has 0 aromatic carbocycles. The lowest BCUT2D eigenvalue weighted by Crippen LogP contribution is -2.67. The first-order valence-electron chi connectivity index (χ1n) is 6.35. The molecule has 1 rings (SSSR count). The highest BCUT2D eigenvalue weighted by atomic mass is 16.7. The molecule has 0 bridgehead atoms. The van der Waals surface area contributed by atoms with Crippen LogP contribution < -0.4 is 5.32 Å². The Balaban J connectivity index is 3.07. The number of aliphatic hydroxyl groups excluding tert-OH is 5. The molecule has 0 aromatic heterocycles. The van der Waals surface area contributed by atoms with Crippen LogP contribution >= 0.6 is 0 Å². The van der Waals surface area contributed by atoms with Crippen LogP contribution in [0.1, 0.15) is 6.42 Å². The topological polar surface area (TPSA) is 197 Å². The molecule has 8 N–H and O–H groups in total. The van der Waals surface area contributed by atoms with Crippen molar-refractivity contribution >= 4 is 11.9 Å². The monoisotopic (exact) mass is 325 g/mol. The maximum Gasteiger partial charge on any atom is 0.364 e. The highest BCUT2D eigenvalue weighted by Gasteiger charge is 2.53. The summed E-state index contributed by atoms with van der Waals surface area (Å²) < 4.78 is 4.83. The van der Waals surface area contributed by atoms with Crippen LogP contribution in [0.2, 0.25) is 0 Å². The number of carboxylic acid groups (broad SMARTS) is 1. The van der Waals surface area contributed by atoms with Crippen molar-refractivity contribution in [2.24, 2.45) is 0 Å². The molecule has 0 aromatic rings. The van der Waals surface area contributed by atoms with Gasteiger partial charge in [0.1, 0.15) is 24.9 Å². The summed E-state index contributed by atoms with van der Waals surface area (Å²) in [5.74, 6) is -5.64. The van der Waals surface area contributed by atoms with E-state index in [-0.39, 0.29) is 0 Å². The summed E-state index contributed by atoms with van der Waals surface area (Å²) in [6.07, 6.45) is -7.92. The molecule has 1 fully saturated rings. The maximum atomic E-state index is 11.2. The molecule has 1 saturated heterocycles. The zero-order chi connectivity index (χ0) is 17.1. The van der Waals surface area contributed by atoms with Gasteiger partial charge in [0, 0.05) is 6.42 Å². The highest BCUT2D eigenvalue weighted by molar-refractivity contribution is 5.78. The third-order valence-electron chi connectivity index (χ3n) is 3.31. The van der Waals surface area contributed by atoms with Crippen molar-refractivity contribution in [1.82, 2.24) is 5.32 Å². The Hall–Kier alpha value is -1.34. The molecule has 128 valence electrons. The Bertz CT molecular complexity index is 418. The summed E-state index contributed by atoms with van der Waals surface area (Å²) in [7, 11) is 0. The fourth-order valence-electron chi connectivity index (χ4n) is 2.13. The Morgan fingerprint density at radius 2 is 1.91 bits per heavy atom. The minimum absolute atomic E-state index is 0.822. The lowest BCUT2D eigenvalue weighted by atomic mass is 9.88. The van der Waals surface area contributed by atoms with Crippen molar-refractivity contribution in [3.8, 4) is 0 Å². The third-order valence-corrected chi connectivity index (χ3v) is 3.31. The Labute approximate surface area is 124 Å². The van der Waals surface area contributed by atoms with Gasteiger partial charge in [0.25, 0.3) is 5.79 Å². The zero-order valence-corrected chi connectivity index (χ0v) is 11.4. The van der Waals surface area contributed by atoms with Crippen LogP contribution in [0.3, 0.4) is 0 Å². The average molecular weight is 325 g/mol. The fraction of sp³-hybridized carbons (Fsp3) is 0.818. The van der Waals surface area contributed by atoms with Gasteiger partial charge < -0.3 is 45.8 Å². The van der Waals surface area contributed by atoms with Crippen LogP contribution in [0.15, 0.2) is 0 Å². The smallest absolute Gasteiger partial charge is 0.364 e. The molecule has 22 heavy (non-hydrogen) atoms. The first-order valence-corrected chi connectivity index (χ1v) is 6.35. The molecule has 1 aliphatic rings. The second-order valence-electron chi connectivity index (χ2n) is 4.94. The lowest BCUT2D eigenvalue weighted by molar-refractivity contribution is -0.295. The van der Waals surface area contributed by atoms with Gasteiger partial charge in [-0.25, -0.2) is 4.79 Å². The first kappa shape index (κ1) is 18.7. The number of hydrogen-bond donors (Lipinski definition) is 8. The van der Waals surface area contributed by atoms with Crippen molar-refractivity contribution in [1.29, 1.82) is 0 Å². The summed E-state index contributed by atoms with van der Waals surface area (Å²) in [5.41, 5.74) is 0. The quantitative estimate of drug-likeness (QED) is 0.234. The first-order chi connectivity index (χ1) is 10.2. The number of carboxylic acids is 1. The van der Waals surface area contributed by atoms with Gasteiger partial charge in [0.15, 0.2) is 0 Å². The number of carbonyl (C=O) groups excluding carboxylic acids is 1. The second kappa shape index (κ2) is 7.28. The van der Waals surface area contributed by atoms with E-state index < -0.39 is 67.8 Å². The number of ether oxygens (including phenoxy) is 1. The van der Waals surface area contributed by atoms with E-state index in [2.05, 4.69) is 5.32 Å². The molecule has 1 heterocycles. The lowest BCUT2D eigenvalue weighted by Gasteiger charge is -2.44. The number of hydrogen-bond acceptors (Lipinski definition) is 9. The predicted molar refractivity (Wildman–Crippen MR) is 66.2 cm³/mol. The van der Waals surface area contributed by atoms with Gasteiger partial charge >= 0.3 is 5.97 Å².